The Morgan fingerprint density at radius 2 is 2.00 bits per heavy atom. The Morgan fingerprint density at radius 3 is 2.69 bits per heavy atom. The first-order valence-corrected chi connectivity index (χ1v) is 9.46. The number of nitrogens with zero attached hydrogens (tertiary/aromatic N) is 4. The maximum atomic E-state index is 13.5. The van der Waals surface area contributed by atoms with Crippen LogP contribution in [0.15, 0.2) is 36.7 Å². The molecule has 4 rings (SSSR count). The molecule has 0 fully saturated rings. The van der Waals surface area contributed by atoms with Gasteiger partial charge in [-0.15, -0.1) is 11.3 Å². The van der Waals surface area contributed by atoms with Crippen LogP contribution < -0.4 is 4.57 Å². The number of aromatic nitrogens is 4. The Kier molecular flexibility index (Phi) is 4.60. The number of halogens is 3. The fraction of sp³-hybridized carbons (Fsp3) is 0.316. The molecule has 0 aliphatic heterocycles. The molecule has 0 bridgehead atoms. The van der Waals surface area contributed by atoms with Gasteiger partial charge in [0.25, 0.3) is 0 Å². The van der Waals surface area contributed by atoms with Gasteiger partial charge in [-0.2, -0.15) is 17.9 Å². The lowest BCUT2D eigenvalue weighted by Crippen LogP contribution is -2.45. The predicted molar refractivity (Wildman–Crippen MR) is 102 cm³/mol. The van der Waals surface area contributed by atoms with Crippen molar-refractivity contribution in [2.24, 2.45) is 14.1 Å². The highest BCUT2D eigenvalue weighted by Gasteiger charge is 2.56. The van der Waals surface area contributed by atoms with E-state index in [4.69, 9.17) is 0 Å². The van der Waals surface area contributed by atoms with Gasteiger partial charge in [-0.05, 0) is 24.3 Å². The minimum Gasteiger partial charge on any atom is -0.381 e. The third kappa shape index (κ3) is 3.26. The maximum absolute atomic E-state index is 13.5. The van der Waals surface area contributed by atoms with Crippen LogP contribution in [-0.4, -0.2) is 39.8 Å². The summed E-state index contributed by atoms with van der Waals surface area (Å²) in [6.07, 6.45) is -1.12. The summed E-state index contributed by atoms with van der Waals surface area (Å²) in [7, 11) is 4.82. The molecule has 0 spiro atoms. The van der Waals surface area contributed by atoms with Crippen molar-refractivity contribution in [1.29, 1.82) is 0 Å². The normalized spacial score (nSPS) is 14.6. The van der Waals surface area contributed by atoms with Crippen molar-refractivity contribution in [3.8, 4) is 11.3 Å². The Hall–Kier alpha value is -2.56. The fourth-order valence-corrected chi connectivity index (χ4v) is 4.40. The van der Waals surface area contributed by atoms with E-state index in [1.165, 1.54) is 6.07 Å². The van der Waals surface area contributed by atoms with Crippen LogP contribution in [0.3, 0.4) is 0 Å². The molecular weight excluding hydrogens is 405 g/mol. The highest BCUT2D eigenvalue weighted by atomic mass is 32.1. The SMILES string of the molecule is COCC(O)(c1cc2ccc(-c3cc4cn(C)nc4[n+](C)c3)nc2s1)C(F)(F)F. The van der Waals surface area contributed by atoms with Crippen LogP contribution in [0, 0.1) is 0 Å². The first-order chi connectivity index (χ1) is 13.6. The first-order valence-electron chi connectivity index (χ1n) is 8.65. The number of aliphatic hydroxyl groups is 1. The second-order valence-electron chi connectivity index (χ2n) is 6.91. The molecule has 4 aromatic heterocycles. The zero-order chi connectivity index (χ0) is 21.0. The molecule has 0 radical (unpaired) electrons. The molecule has 1 atom stereocenters. The van der Waals surface area contributed by atoms with Gasteiger partial charge in [-0.25, -0.2) is 9.55 Å². The Morgan fingerprint density at radius 1 is 1.24 bits per heavy atom. The van der Waals surface area contributed by atoms with Crippen LogP contribution in [-0.2, 0) is 24.4 Å². The van der Waals surface area contributed by atoms with Gasteiger partial charge in [-0.3, -0.25) is 0 Å². The Labute approximate surface area is 167 Å². The van der Waals surface area contributed by atoms with E-state index < -0.39 is 18.4 Å². The largest absolute Gasteiger partial charge is 0.424 e. The monoisotopic (exact) mass is 423 g/mol. The lowest BCUT2D eigenvalue weighted by atomic mass is 10.0. The summed E-state index contributed by atoms with van der Waals surface area (Å²) in [6, 6.07) is 6.70. The van der Waals surface area contributed by atoms with Crippen molar-refractivity contribution in [2.75, 3.05) is 13.7 Å². The minimum atomic E-state index is -4.87. The molecule has 10 heteroatoms. The summed E-state index contributed by atoms with van der Waals surface area (Å²) in [5.74, 6) is 0. The molecule has 152 valence electrons. The van der Waals surface area contributed by atoms with E-state index in [0.29, 0.717) is 15.9 Å². The van der Waals surface area contributed by atoms with Gasteiger partial charge in [-0.1, -0.05) is 0 Å². The van der Waals surface area contributed by atoms with Crippen LogP contribution in [0.1, 0.15) is 4.88 Å². The van der Waals surface area contributed by atoms with Crippen LogP contribution >= 0.6 is 11.3 Å². The molecule has 0 saturated heterocycles. The molecule has 0 aliphatic carbocycles. The summed E-state index contributed by atoms with van der Waals surface area (Å²) >= 11 is 0.807. The van der Waals surface area contributed by atoms with Crippen LogP contribution in [0.2, 0.25) is 0 Å². The van der Waals surface area contributed by atoms with Gasteiger partial charge in [0.2, 0.25) is 5.60 Å². The highest BCUT2D eigenvalue weighted by molar-refractivity contribution is 7.18. The number of hydrogen-bond acceptors (Lipinski definition) is 5. The number of hydrogen-bond donors (Lipinski definition) is 1. The van der Waals surface area contributed by atoms with Crippen molar-refractivity contribution in [3.63, 3.8) is 0 Å². The number of thiophene rings is 1. The third-order valence-corrected chi connectivity index (χ3v) is 5.92. The zero-order valence-corrected chi connectivity index (χ0v) is 16.7. The number of ether oxygens (including phenoxy) is 1. The van der Waals surface area contributed by atoms with Gasteiger partial charge in [0.05, 0.1) is 48.0 Å². The summed E-state index contributed by atoms with van der Waals surface area (Å²) in [5.41, 5.74) is -0.832. The zero-order valence-electron chi connectivity index (χ0n) is 15.9. The van der Waals surface area contributed by atoms with Gasteiger partial charge in [0.15, 0.2) is 0 Å². The summed E-state index contributed by atoms with van der Waals surface area (Å²) < 4.78 is 48.7. The molecule has 1 unspecified atom stereocenters. The van der Waals surface area contributed by atoms with E-state index in [-0.39, 0.29) is 4.88 Å². The van der Waals surface area contributed by atoms with Crippen molar-refractivity contribution >= 4 is 32.6 Å². The smallest absolute Gasteiger partial charge is 0.381 e. The van der Waals surface area contributed by atoms with Gasteiger partial charge < -0.3 is 9.84 Å². The third-order valence-electron chi connectivity index (χ3n) is 4.72. The molecule has 29 heavy (non-hydrogen) atoms. The average molecular weight is 423 g/mol. The highest BCUT2D eigenvalue weighted by Crippen LogP contribution is 2.43. The summed E-state index contributed by atoms with van der Waals surface area (Å²) in [4.78, 5) is 4.69. The second kappa shape index (κ2) is 6.75. The Bertz CT molecular complexity index is 1220. The molecule has 0 saturated carbocycles. The molecule has 4 heterocycles. The molecule has 0 aromatic carbocycles. The van der Waals surface area contributed by atoms with Crippen LogP contribution in [0.4, 0.5) is 13.2 Å². The van der Waals surface area contributed by atoms with Crippen molar-refractivity contribution < 1.29 is 27.6 Å². The predicted octanol–water partition coefficient (Wildman–Crippen LogP) is 3.07. The molecule has 0 aliphatic rings. The number of fused-ring (bicyclic) bond motifs is 2. The Balaban J connectivity index is 1.81. The van der Waals surface area contributed by atoms with Crippen LogP contribution in [0.5, 0.6) is 0 Å². The number of alkyl halides is 3. The molecule has 6 nitrogen and oxygen atoms in total. The van der Waals surface area contributed by atoms with Gasteiger partial charge in [0.1, 0.15) is 11.0 Å². The first kappa shape index (κ1) is 19.7. The van der Waals surface area contributed by atoms with E-state index in [1.54, 1.807) is 16.8 Å². The molecule has 0 amide bonds. The molecule has 4 aromatic rings. The lowest BCUT2D eigenvalue weighted by molar-refractivity contribution is -0.646. The number of rotatable bonds is 4. The van der Waals surface area contributed by atoms with Gasteiger partial charge >= 0.3 is 11.8 Å². The fourth-order valence-electron chi connectivity index (χ4n) is 3.27. The van der Waals surface area contributed by atoms with Crippen LogP contribution in [0.25, 0.3) is 32.5 Å². The molecule has 1 N–H and O–H groups in total. The van der Waals surface area contributed by atoms with Crippen molar-refractivity contribution in [3.05, 3.63) is 41.5 Å². The number of pyridine rings is 2. The van der Waals surface area contributed by atoms with E-state index in [1.807, 2.05) is 37.1 Å². The van der Waals surface area contributed by atoms with E-state index in [0.717, 1.165) is 35.0 Å². The van der Waals surface area contributed by atoms with Gasteiger partial charge in [0, 0.05) is 18.1 Å². The standard InChI is InChI=1S/C19H18F3N4O2S/c1-25-8-12(6-13-9-26(2)24-16(13)25)14-5-4-11-7-15(29-17(11)23-14)18(27,10-28-3)19(20,21)22/h4-9,27H,10H2,1-3H3/q+1. The topological polar surface area (TPSA) is 64.1 Å². The van der Waals surface area contributed by atoms with E-state index in [9.17, 15) is 18.3 Å². The maximum Gasteiger partial charge on any atom is 0.424 e. The van der Waals surface area contributed by atoms with E-state index >= 15 is 0 Å². The van der Waals surface area contributed by atoms with E-state index in [2.05, 4.69) is 14.8 Å². The minimum absolute atomic E-state index is 0.250. The quantitative estimate of drug-likeness (QED) is 0.513. The number of methoxy groups -OCH3 is 1. The lowest BCUT2D eigenvalue weighted by Gasteiger charge is -2.28. The second-order valence-corrected chi connectivity index (χ2v) is 7.94. The summed E-state index contributed by atoms with van der Waals surface area (Å²) in [6.45, 7) is -0.885. The van der Waals surface area contributed by atoms with Crippen molar-refractivity contribution in [2.45, 2.75) is 11.8 Å². The van der Waals surface area contributed by atoms with Crippen molar-refractivity contribution in [1.82, 2.24) is 14.8 Å². The molecular formula is C19H18F3N4O2S+. The summed E-state index contributed by atoms with van der Waals surface area (Å²) in [5, 5.41) is 16.1. The number of aryl methyl sites for hydroxylation is 2. The average Bonchev–Trinajstić information content (AvgIpc) is 3.23.